The van der Waals surface area contributed by atoms with E-state index < -0.39 is 0 Å². The molecule has 0 heterocycles. The van der Waals surface area contributed by atoms with Gasteiger partial charge in [0.15, 0.2) is 0 Å². The summed E-state index contributed by atoms with van der Waals surface area (Å²) in [7, 11) is 0. The van der Waals surface area contributed by atoms with E-state index in [0.29, 0.717) is 21.3 Å². The number of aryl methyl sites for hydroxylation is 1. The van der Waals surface area contributed by atoms with Gasteiger partial charge in [-0.1, -0.05) is 29.3 Å². The van der Waals surface area contributed by atoms with Gasteiger partial charge in [0, 0.05) is 17.3 Å². The van der Waals surface area contributed by atoms with E-state index >= 15 is 0 Å². The molecule has 0 saturated heterocycles. The SMILES string of the molecule is Cc1ccc(NC(=O)c2ccc(Cl)c(Cl)c2)cc1O. The molecule has 3 nitrogen and oxygen atoms in total. The first-order valence-corrected chi connectivity index (χ1v) is 6.29. The Morgan fingerprint density at radius 1 is 1.11 bits per heavy atom. The van der Waals surface area contributed by atoms with Gasteiger partial charge in [0.1, 0.15) is 5.75 Å². The molecule has 2 aromatic carbocycles. The van der Waals surface area contributed by atoms with Crippen LogP contribution in [0.3, 0.4) is 0 Å². The molecule has 2 rings (SSSR count). The Labute approximate surface area is 120 Å². The van der Waals surface area contributed by atoms with E-state index in [1.165, 1.54) is 12.1 Å². The van der Waals surface area contributed by atoms with Crippen molar-refractivity contribution in [1.82, 2.24) is 0 Å². The van der Waals surface area contributed by atoms with Crippen molar-refractivity contribution in [2.45, 2.75) is 6.92 Å². The van der Waals surface area contributed by atoms with Crippen molar-refractivity contribution in [3.63, 3.8) is 0 Å². The Bertz CT molecular complexity index is 641. The molecule has 0 aromatic heterocycles. The highest BCUT2D eigenvalue weighted by Gasteiger charge is 2.09. The number of phenolic OH excluding ortho intramolecular Hbond substituents is 1. The molecule has 0 unspecified atom stereocenters. The number of anilines is 1. The largest absolute Gasteiger partial charge is 0.508 e. The summed E-state index contributed by atoms with van der Waals surface area (Å²) in [6.07, 6.45) is 0. The number of hydrogen-bond donors (Lipinski definition) is 2. The van der Waals surface area contributed by atoms with Gasteiger partial charge < -0.3 is 10.4 Å². The molecule has 0 aliphatic heterocycles. The second kappa shape index (κ2) is 5.51. The van der Waals surface area contributed by atoms with Crippen molar-refractivity contribution in [3.05, 3.63) is 57.6 Å². The summed E-state index contributed by atoms with van der Waals surface area (Å²) >= 11 is 11.6. The summed E-state index contributed by atoms with van der Waals surface area (Å²) in [6.45, 7) is 1.78. The third-order valence-corrected chi connectivity index (χ3v) is 3.39. The molecule has 2 N–H and O–H groups in total. The average Bonchev–Trinajstić information content (AvgIpc) is 2.37. The van der Waals surface area contributed by atoms with E-state index in [-0.39, 0.29) is 11.7 Å². The van der Waals surface area contributed by atoms with Gasteiger partial charge in [-0.3, -0.25) is 4.79 Å². The normalized spacial score (nSPS) is 10.3. The minimum absolute atomic E-state index is 0.131. The Morgan fingerprint density at radius 2 is 1.84 bits per heavy atom. The van der Waals surface area contributed by atoms with Gasteiger partial charge in [0.2, 0.25) is 0 Å². The van der Waals surface area contributed by atoms with Gasteiger partial charge in [-0.15, -0.1) is 0 Å². The van der Waals surface area contributed by atoms with E-state index in [1.54, 1.807) is 31.2 Å². The van der Waals surface area contributed by atoms with E-state index in [2.05, 4.69) is 5.32 Å². The number of aromatic hydroxyl groups is 1. The van der Waals surface area contributed by atoms with Crippen LogP contribution in [0, 0.1) is 6.92 Å². The van der Waals surface area contributed by atoms with Crippen molar-refractivity contribution in [3.8, 4) is 5.75 Å². The molecule has 0 aliphatic rings. The van der Waals surface area contributed by atoms with E-state index in [0.717, 1.165) is 5.56 Å². The lowest BCUT2D eigenvalue weighted by atomic mass is 10.2. The Kier molecular flexibility index (Phi) is 3.98. The number of rotatable bonds is 2. The van der Waals surface area contributed by atoms with Crippen LogP contribution >= 0.6 is 23.2 Å². The number of hydrogen-bond acceptors (Lipinski definition) is 2. The summed E-state index contributed by atoms with van der Waals surface area (Å²) < 4.78 is 0. The summed E-state index contributed by atoms with van der Waals surface area (Å²) in [4.78, 5) is 12.0. The Morgan fingerprint density at radius 3 is 2.47 bits per heavy atom. The standard InChI is InChI=1S/C14H11Cl2NO2/c1-8-2-4-10(7-13(8)18)17-14(19)9-3-5-11(15)12(16)6-9/h2-7,18H,1H3,(H,17,19). The average molecular weight is 296 g/mol. The van der Waals surface area contributed by atoms with E-state index in [9.17, 15) is 9.90 Å². The molecule has 19 heavy (non-hydrogen) atoms. The van der Waals surface area contributed by atoms with E-state index in [1.807, 2.05) is 0 Å². The predicted molar refractivity (Wildman–Crippen MR) is 77.3 cm³/mol. The topological polar surface area (TPSA) is 49.3 Å². The summed E-state index contributed by atoms with van der Waals surface area (Å²) in [6, 6.07) is 9.56. The molecular formula is C14H11Cl2NO2. The van der Waals surface area contributed by atoms with Crippen LogP contribution in [0.4, 0.5) is 5.69 Å². The highest BCUT2D eigenvalue weighted by molar-refractivity contribution is 6.42. The molecule has 0 saturated carbocycles. The first-order valence-electron chi connectivity index (χ1n) is 5.53. The highest BCUT2D eigenvalue weighted by Crippen LogP contribution is 2.24. The second-order valence-electron chi connectivity index (χ2n) is 4.08. The number of amides is 1. The molecule has 1 amide bonds. The molecular weight excluding hydrogens is 285 g/mol. The maximum absolute atomic E-state index is 12.0. The number of halogens is 2. The minimum Gasteiger partial charge on any atom is -0.508 e. The zero-order chi connectivity index (χ0) is 14.0. The lowest BCUT2D eigenvalue weighted by Gasteiger charge is -2.07. The first kappa shape index (κ1) is 13.7. The monoisotopic (exact) mass is 295 g/mol. The molecule has 0 fully saturated rings. The third kappa shape index (κ3) is 3.19. The zero-order valence-corrected chi connectivity index (χ0v) is 11.6. The maximum Gasteiger partial charge on any atom is 0.255 e. The zero-order valence-electron chi connectivity index (χ0n) is 10.1. The predicted octanol–water partition coefficient (Wildman–Crippen LogP) is 4.26. The summed E-state index contributed by atoms with van der Waals surface area (Å²) in [5, 5.41) is 13.0. The van der Waals surface area contributed by atoms with Crippen LogP contribution in [0.15, 0.2) is 36.4 Å². The number of phenols is 1. The van der Waals surface area contributed by atoms with Crippen LogP contribution in [0.25, 0.3) is 0 Å². The molecule has 5 heteroatoms. The van der Waals surface area contributed by atoms with Crippen molar-refractivity contribution >= 4 is 34.8 Å². The van der Waals surface area contributed by atoms with Crippen molar-refractivity contribution in [2.75, 3.05) is 5.32 Å². The van der Waals surface area contributed by atoms with Crippen LogP contribution in [-0.4, -0.2) is 11.0 Å². The smallest absolute Gasteiger partial charge is 0.255 e. The minimum atomic E-state index is -0.318. The van der Waals surface area contributed by atoms with Crippen LogP contribution in [0.2, 0.25) is 10.0 Å². The Balaban J connectivity index is 2.20. The lowest BCUT2D eigenvalue weighted by Crippen LogP contribution is -2.11. The summed E-state index contributed by atoms with van der Waals surface area (Å²) in [5.74, 6) is -0.186. The van der Waals surface area contributed by atoms with Gasteiger partial charge in [0.25, 0.3) is 5.91 Å². The van der Waals surface area contributed by atoms with Crippen LogP contribution in [0.1, 0.15) is 15.9 Å². The fourth-order valence-corrected chi connectivity index (χ4v) is 1.83. The van der Waals surface area contributed by atoms with Gasteiger partial charge in [-0.2, -0.15) is 0 Å². The van der Waals surface area contributed by atoms with Gasteiger partial charge in [-0.25, -0.2) is 0 Å². The molecule has 0 bridgehead atoms. The fraction of sp³-hybridized carbons (Fsp3) is 0.0714. The van der Waals surface area contributed by atoms with Crippen LogP contribution in [0.5, 0.6) is 5.75 Å². The van der Waals surface area contributed by atoms with E-state index in [4.69, 9.17) is 23.2 Å². The van der Waals surface area contributed by atoms with Crippen molar-refractivity contribution in [1.29, 1.82) is 0 Å². The van der Waals surface area contributed by atoms with Gasteiger partial charge in [-0.05, 0) is 36.8 Å². The molecule has 0 spiro atoms. The molecule has 98 valence electrons. The molecule has 0 atom stereocenters. The number of carbonyl (C=O) groups excluding carboxylic acids is 1. The van der Waals surface area contributed by atoms with Crippen molar-refractivity contribution < 1.29 is 9.90 Å². The maximum atomic E-state index is 12.0. The quantitative estimate of drug-likeness (QED) is 0.870. The number of benzene rings is 2. The lowest BCUT2D eigenvalue weighted by molar-refractivity contribution is 0.102. The first-order chi connectivity index (χ1) is 8.97. The third-order valence-electron chi connectivity index (χ3n) is 2.65. The summed E-state index contributed by atoms with van der Waals surface area (Å²) in [5.41, 5.74) is 1.65. The Hall–Kier alpha value is -1.71. The second-order valence-corrected chi connectivity index (χ2v) is 4.90. The fourth-order valence-electron chi connectivity index (χ4n) is 1.53. The van der Waals surface area contributed by atoms with Crippen LogP contribution in [-0.2, 0) is 0 Å². The number of carbonyl (C=O) groups is 1. The number of nitrogens with one attached hydrogen (secondary N) is 1. The van der Waals surface area contributed by atoms with Crippen molar-refractivity contribution in [2.24, 2.45) is 0 Å². The van der Waals surface area contributed by atoms with Gasteiger partial charge >= 0.3 is 0 Å². The molecule has 0 aliphatic carbocycles. The van der Waals surface area contributed by atoms with Crippen LogP contribution < -0.4 is 5.32 Å². The molecule has 0 radical (unpaired) electrons. The highest BCUT2D eigenvalue weighted by atomic mass is 35.5. The molecule has 2 aromatic rings. The van der Waals surface area contributed by atoms with Gasteiger partial charge in [0.05, 0.1) is 10.0 Å².